The summed E-state index contributed by atoms with van der Waals surface area (Å²) in [5.74, 6) is -0.626. The number of unbranched alkanes of at least 4 members (excludes halogenated alkanes) is 26. The maximum absolute atomic E-state index is 12.3. The predicted molar refractivity (Wildman–Crippen MR) is 315 cm³/mol. The van der Waals surface area contributed by atoms with E-state index in [0.29, 0.717) is 12.8 Å². The normalized spacial score (nSPS) is 13.1. The average molecular weight is 998 g/mol. The summed E-state index contributed by atoms with van der Waals surface area (Å²) >= 11 is 0. The smallest absolute Gasteiger partial charge is 0.306 e. The molecule has 5 heteroatoms. The first-order chi connectivity index (χ1) is 35.6. The summed E-state index contributed by atoms with van der Waals surface area (Å²) in [4.78, 5) is 24.5. The van der Waals surface area contributed by atoms with Gasteiger partial charge in [0.1, 0.15) is 6.61 Å². The number of aliphatic hydroxyl groups excluding tert-OH is 1. The fourth-order valence-corrected chi connectivity index (χ4v) is 8.32. The van der Waals surface area contributed by atoms with Crippen LogP contribution in [0, 0.1) is 0 Å². The molecule has 0 aliphatic rings. The summed E-state index contributed by atoms with van der Waals surface area (Å²) in [5, 5.41) is 9.65. The predicted octanol–water partition coefficient (Wildman–Crippen LogP) is 20.6. The van der Waals surface area contributed by atoms with E-state index in [9.17, 15) is 14.7 Å². The highest BCUT2D eigenvalue weighted by Crippen LogP contribution is 2.17. The van der Waals surface area contributed by atoms with Crippen molar-refractivity contribution in [2.45, 2.75) is 277 Å². The van der Waals surface area contributed by atoms with Crippen molar-refractivity contribution in [3.63, 3.8) is 0 Å². The number of carbonyl (C=O) groups is 2. The van der Waals surface area contributed by atoms with Gasteiger partial charge in [0.05, 0.1) is 6.61 Å². The molecular formula is C67H112O5. The van der Waals surface area contributed by atoms with Gasteiger partial charge in [0.25, 0.3) is 0 Å². The number of carbonyl (C=O) groups excluding carboxylic acids is 2. The quantitative estimate of drug-likeness (QED) is 0.0373. The zero-order valence-corrected chi connectivity index (χ0v) is 46.9. The third kappa shape index (κ3) is 58.9. The third-order valence-corrected chi connectivity index (χ3v) is 12.8. The Bertz CT molecular complexity index is 1450. The van der Waals surface area contributed by atoms with Gasteiger partial charge in [0.2, 0.25) is 0 Å². The summed E-state index contributed by atoms with van der Waals surface area (Å²) in [6.07, 6.45) is 90.6. The van der Waals surface area contributed by atoms with E-state index in [1.54, 1.807) is 0 Å². The molecule has 1 N–H and O–H groups in total. The fourth-order valence-electron chi connectivity index (χ4n) is 8.32. The molecule has 0 rings (SSSR count). The highest BCUT2D eigenvalue weighted by molar-refractivity contribution is 5.70. The van der Waals surface area contributed by atoms with Crippen LogP contribution in [0.4, 0.5) is 0 Å². The Morgan fingerprint density at radius 1 is 0.319 bits per heavy atom. The highest BCUT2D eigenvalue weighted by atomic mass is 16.6. The lowest BCUT2D eigenvalue weighted by Gasteiger charge is -2.15. The van der Waals surface area contributed by atoms with Crippen LogP contribution in [-0.4, -0.2) is 36.4 Å². The fraction of sp³-hybridized carbons (Fsp3) is 0.672. The molecule has 0 radical (unpaired) electrons. The van der Waals surface area contributed by atoms with Crippen LogP contribution in [0.2, 0.25) is 0 Å². The van der Waals surface area contributed by atoms with E-state index < -0.39 is 6.10 Å². The maximum atomic E-state index is 12.3. The first-order valence-corrected chi connectivity index (χ1v) is 30.1. The Balaban J connectivity index is 3.47. The van der Waals surface area contributed by atoms with Gasteiger partial charge in [-0.15, -0.1) is 0 Å². The first kappa shape index (κ1) is 68.3. The molecule has 1 atom stereocenters. The molecule has 1 unspecified atom stereocenters. The second-order valence-corrected chi connectivity index (χ2v) is 19.7. The standard InChI is InChI=1S/C67H112O5/c1-3-5-7-9-11-13-15-17-19-21-23-24-25-26-27-28-29-30-31-32-33-34-35-36-37-38-39-40-41-42-44-46-48-50-52-54-56-58-60-62-67(70)72-65(63-68)64-71-66(69)61-59-57-55-53-51-49-47-45-43-22-20-18-16-14-12-10-8-6-4-2/h5-8,11-14,17-20,23-24,26-27,43,45,49,51,65,68H,3-4,9-10,15-16,21-22,25,28-42,44,46-48,50,52-64H2,1-2H3/b7-5-,8-6-,13-11-,14-12-,19-17-,20-18-,24-23-,27-26-,45-43-,51-49-. The zero-order chi connectivity index (χ0) is 52.0. The highest BCUT2D eigenvalue weighted by Gasteiger charge is 2.16. The number of ether oxygens (including phenoxy) is 2. The van der Waals surface area contributed by atoms with Gasteiger partial charge in [0, 0.05) is 12.8 Å². The molecule has 0 amide bonds. The molecule has 0 saturated carbocycles. The van der Waals surface area contributed by atoms with Crippen molar-refractivity contribution in [2.75, 3.05) is 13.2 Å². The monoisotopic (exact) mass is 997 g/mol. The Morgan fingerprint density at radius 3 is 0.847 bits per heavy atom. The maximum Gasteiger partial charge on any atom is 0.306 e. The second kappa shape index (κ2) is 61.6. The number of allylic oxidation sites excluding steroid dienone is 20. The lowest BCUT2D eigenvalue weighted by molar-refractivity contribution is -0.161. The molecule has 0 heterocycles. The molecule has 410 valence electrons. The largest absolute Gasteiger partial charge is 0.462 e. The van der Waals surface area contributed by atoms with Crippen molar-refractivity contribution in [3.05, 3.63) is 122 Å². The second-order valence-electron chi connectivity index (χ2n) is 19.7. The zero-order valence-electron chi connectivity index (χ0n) is 46.9. The van der Waals surface area contributed by atoms with Crippen molar-refractivity contribution in [2.24, 2.45) is 0 Å². The molecule has 0 aromatic heterocycles. The van der Waals surface area contributed by atoms with E-state index in [1.165, 1.54) is 135 Å². The molecular weight excluding hydrogens is 885 g/mol. The minimum absolute atomic E-state index is 0.0864. The van der Waals surface area contributed by atoms with Crippen molar-refractivity contribution in [1.82, 2.24) is 0 Å². The van der Waals surface area contributed by atoms with Crippen LogP contribution in [0.15, 0.2) is 122 Å². The van der Waals surface area contributed by atoms with Gasteiger partial charge >= 0.3 is 11.9 Å². The number of hydrogen-bond donors (Lipinski definition) is 1. The SMILES string of the molecule is CC/C=C\C/C=C\C/C=C\C/C=C\C/C=C\CCCCCCCCCCCCCCCCCCCCCCCCCC(=O)OC(CO)COC(=O)CCCCC/C=C\C/C=C\C/C=C\C/C=C\C/C=C\CC. The summed E-state index contributed by atoms with van der Waals surface area (Å²) in [6.45, 7) is 3.89. The van der Waals surface area contributed by atoms with Crippen LogP contribution in [0.25, 0.3) is 0 Å². The van der Waals surface area contributed by atoms with Gasteiger partial charge in [-0.2, -0.15) is 0 Å². The van der Waals surface area contributed by atoms with Crippen molar-refractivity contribution < 1.29 is 24.2 Å². The van der Waals surface area contributed by atoms with E-state index in [-0.39, 0.29) is 25.2 Å². The van der Waals surface area contributed by atoms with Gasteiger partial charge in [-0.25, -0.2) is 0 Å². The molecule has 0 spiro atoms. The molecule has 72 heavy (non-hydrogen) atoms. The number of aliphatic hydroxyl groups is 1. The van der Waals surface area contributed by atoms with Crippen LogP contribution in [0.1, 0.15) is 271 Å². The Hall–Kier alpha value is -3.70. The lowest BCUT2D eigenvalue weighted by atomic mass is 10.0. The van der Waals surface area contributed by atoms with Crippen molar-refractivity contribution in [1.29, 1.82) is 0 Å². The molecule has 5 nitrogen and oxygen atoms in total. The Kier molecular flexibility index (Phi) is 58.4. The summed E-state index contributed by atoms with van der Waals surface area (Å²) in [5.41, 5.74) is 0. The molecule has 0 fully saturated rings. The van der Waals surface area contributed by atoms with Gasteiger partial charge in [0.15, 0.2) is 6.10 Å². The van der Waals surface area contributed by atoms with Crippen LogP contribution in [0.5, 0.6) is 0 Å². The molecule has 0 aliphatic carbocycles. The van der Waals surface area contributed by atoms with E-state index in [0.717, 1.165) is 109 Å². The van der Waals surface area contributed by atoms with Crippen LogP contribution < -0.4 is 0 Å². The van der Waals surface area contributed by atoms with Crippen molar-refractivity contribution >= 4 is 11.9 Å². The van der Waals surface area contributed by atoms with Gasteiger partial charge in [-0.3, -0.25) is 9.59 Å². The number of rotatable bonds is 54. The van der Waals surface area contributed by atoms with Crippen LogP contribution in [-0.2, 0) is 19.1 Å². The minimum atomic E-state index is -0.792. The van der Waals surface area contributed by atoms with Crippen LogP contribution in [0.3, 0.4) is 0 Å². The molecule has 0 aromatic carbocycles. The summed E-state index contributed by atoms with van der Waals surface area (Å²) in [6, 6.07) is 0. The number of hydrogen-bond acceptors (Lipinski definition) is 5. The molecule has 0 bridgehead atoms. The lowest BCUT2D eigenvalue weighted by Crippen LogP contribution is -2.28. The Morgan fingerprint density at radius 2 is 0.556 bits per heavy atom. The third-order valence-electron chi connectivity index (χ3n) is 12.8. The topological polar surface area (TPSA) is 72.8 Å². The summed E-state index contributed by atoms with van der Waals surface area (Å²) in [7, 11) is 0. The molecule has 0 aromatic rings. The van der Waals surface area contributed by atoms with E-state index in [1.807, 2.05) is 0 Å². The minimum Gasteiger partial charge on any atom is -0.462 e. The first-order valence-electron chi connectivity index (χ1n) is 30.1. The summed E-state index contributed by atoms with van der Waals surface area (Å²) < 4.78 is 10.7. The van der Waals surface area contributed by atoms with E-state index in [2.05, 4.69) is 135 Å². The van der Waals surface area contributed by atoms with E-state index >= 15 is 0 Å². The Labute approximate surface area is 445 Å². The van der Waals surface area contributed by atoms with Gasteiger partial charge in [-0.1, -0.05) is 277 Å². The van der Waals surface area contributed by atoms with Gasteiger partial charge < -0.3 is 14.6 Å². The van der Waals surface area contributed by atoms with E-state index in [4.69, 9.17) is 9.47 Å². The van der Waals surface area contributed by atoms with Crippen LogP contribution >= 0.6 is 0 Å². The van der Waals surface area contributed by atoms with Gasteiger partial charge in [-0.05, 0) is 103 Å². The molecule has 0 saturated heterocycles. The van der Waals surface area contributed by atoms with Crippen molar-refractivity contribution in [3.8, 4) is 0 Å². The average Bonchev–Trinajstić information content (AvgIpc) is 3.38. The number of esters is 2. The molecule has 0 aliphatic heterocycles.